The first-order chi connectivity index (χ1) is 10.7. The number of nitrogens with one attached hydrogen (secondary N) is 1. The maximum Gasteiger partial charge on any atom is 0.234 e. The average Bonchev–Trinajstić information content (AvgIpc) is 3.30. The van der Waals surface area contributed by atoms with Gasteiger partial charge in [0, 0.05) is 11.6 Å². The molecule has 1 amide bonds. The van der Waals surface area contributed by atoms with Gasteiger partial charge in [0.1, 0.15) is 0 Å². The van der Waals surface area contributed by atoms with Crippen LogP contribution in [-0.2, 0) is 11.2 Å². The van der Waals surface area contributed by atoms with Crippen molar-refractivity contribution in [1.82, 2.24) is 14.9 Å². The second-order valence-corrected chi connectivity index (χ2v) is 6.31. The molecule has 0 bridgehead atoms. The van der Waals surface area contributed by atoms with Crippen molar-refractivity contribution in [3.8, 4) is 0 Å². The molecule has 1 aliphatic carbocycles. The second kappa shape index (κ2) is 6.39. The van der Waals surface area contributed by atoms with E-state index >= 15 is 0 Å². The van der Waals surface area contributed by atoms with E-state index in [0.717, 1.165) is 30.8 Å². The molecule has 0 saturated heterocycles. The summed E-state index contributed by atoms with van der Waals surface area (Å²) in [5.41, 5.74) is 2.05. The maximum atomic E-state index is 12.0. The molecule has 0 atom stereocenters. The lowest BCUT2D eigenvalue weighted by Crippen LogP contribution is -2.17. The second-order valence-electron chi connectivity index (χ2n) is 5.37. The quantitative estimate of drug-likeness (QED) is 0.630. The van der Waals surface area contributed by atoms with E-state index in [1.165, 1.54) is 22.0 Å². The Bertz CT molecular complexity index is 663. The number of carbonyl (C=O) groups excluding carboxylic acids is 1. The van der Waals surface area contributed by atoms with Gasteiger partial charge in [-0.25, -0.2) is 4.68 Å². The van der Waals surface area contributed by atoms with Crippen LogP contribution in [0.3, 0.4) is 0 Å². The van der Waals surface area contributed by atoms with Gasteiger partial charge in [-0.2, -0.15) is 0 Å². The third-order valence-electron chi connectivity index (χ3n) is 3.61. The molecule has 1 aliphatic rings. The number of thioether (sulfide) groups is 1. The average molecular weight is 317 g/mol. The normalized spacial score (nSPS) is 14.0. The van der Waals surface area contributed by atoms with Crippen molar-refractivity contribution < 1.29 is 4.79 Å². The Balaban J connectivity index is 1.53. The van der Waals surface area contributed by atoms with E-state index in [2.05, 4.69) is 22.4 Å². The van der Waals surface area contributed by atoms with Crippen LogP contribution < -0.4 is 11.2 Å². The summed E-state index contributed by atoms with van der Waals surface area (Å²) in [5, 5.41) is 11.6. The van der Waals surface area contributed by atoms with Crippen molar-refractivity contribution in [3.05, 3.63) is 35.7 Å². The Labute approximate surface area is 133 Å². The molecule has 3 N–H and O–H groups in total. The van der Waals surface area contributed by atoms with Crippen molar-refractivity contribution in [2.45, 2.75) is 37.3 Å². The van der Waals surface area contributed by atoms with Crippen molar-refractivity contribution in [2.75, 3.05) is 16.9 Å². The van der Waals surface area contributed by atoms with Gasteiger partial charge in [0.25, 0.3) is 0 Å². The molecule has 3 rings (SSSR count). The summed E-state index contributed by atoms with van der Waals surface area (Å²) in [4.78, 5) is 12.0. The van der Waals surface area contributed by atoms with Crippen LogP contribution in [-0.4, -0.2) is 26.5 Å². The standard InChI is InChI=1S/C15H19N5OS/c1-2-10-3-7-12(8-4-10)17-13(21)9-22-15-19-18-14(20(15)16)11-5-6-11/h3-4,7-8,11H,2,5-6,9,16H2,1H3,(H,17,21). The van der Waals surface area contributed by atoms with Crippen LogP contribution in [0.15, 0.2) is 29.4 Å². The molecule has 22 heavy (non-hydrogen) atoms. The predicted octanol–water partition coefficient (Wildman–Crippen LogP) is 2.16. The first-order valence-electron chi connectivity index (χ1n) is 7.39. The zero-order valence-electron chi connectivity index (χ0n) is 12.5. The van der Waals surface area contributed by atoms with Crippen LogP contribution in [0.25, 0.3) is 0 Å². The number of nitrogens with two attached hydrogens (primary N) is 1. The van der Waals surface area contributed by atoms with Gasteiger partial charge >= 0.3 is 0 Å². The van der Waals surface area contributed by atoms with Crippen LogP contribution in [0, 0.1) is 0 Å². The molecular formula is C15H19N5OS. The van der Waals surface area contributed by atoms with E-state index in [9.17, 15) is 4.79 Å². The van der Waals surface area contributed by atoms with Crippen LogP contribution in [0.1, 0.15) is 37.1 Å². The minimum atomic E-state index is -0.0785. The fraction of sp³-hybridized carbons (Fsp3) is 0.400. The highest BCUT2D eigenvalue weighted by molar-refractivity contribution is 7.99. The number of aryl methyl sites for hydroxylation is 1. The topological polar surface area (TPSA) is 85.8 Å². The number of aromatic nitrogens is 3. The van der Waals surface area contributed by atoms with Crippen LogP contribution in [0.2, 0.25) is 0 Å². The zero-order valence-corrected chi connectivity index (χ0v) is 13.3. The van der Waals surface area contributed by atoms with E-state index < -0.39 is 0 Å². The molecule has 6 nitrogen and oxygen atoms in total. The van der Waals surface area contributed by atoms with Crippen molar-refractivity contribution in [3.63, 3.8) is 0 Å². The molecule has 1 aromatic carbocycles. The molecule has 1 fully saturated rings. The highest BCUT2D eigenvalue weighted by Gasteiger charge is 2.29. The summed E-state index contributed by atoms with van der Waals surface area (Å²) in [6, 6.07) is 7.86. The fourth-order valence-corrected chi connectivity index (χ4v) is 2.82. The molecule has 116 valence electrons. The van der Waals surface area contributed by atoms with Gasteiger partial charge in [-0.05, 0) is 37.0 Å². The first-order valence-corrected chi connectivity index (χ1v) is 8.38. The van der Waals surface area contributed by atoms with Crippen molar-refractivity contribution >= 4 is 23.4 Å². The molecule has 0 aliphatic heterocycles. The SMILES string of the molecule is CCc1ccc(NC(=O)CSc2nnc(C3CC3)n2N)cc1. The minimum Gasteiger partial charge on any atom is -0.336 e. The molecule has 0 unspecified atom stereocenters. The third-order valence-corrected chi connectivity index (χ3v) is 4.55. The van der Waals surface area contributed by atoms with Crippen LogP contribution in [0.5, 0.6) is 0 Å². The monoisotopic (exact) mass is 317 g/mol. The van der Waals surface area contributed by atoms with E-state index in [4.69, 9.17) is 5.84 Å². The summed E-state index contributed by atoms with van der Waals surface area (Å²) >= 11 is 1.30. The number of hydrogen-bond acceptors (Lipinski definition) is 5. The number of rotatable bonds is 6. The first kappa shape index (κ1) is 14.9. The number of nitrogens with zero attached hydrogens (tertiary/aromatic N) is 3. The minimum absolute atomic E-state index is 0.0785. The van der Waals surface area contributed by atoms with Gasteiger partial charge in [-0.15, -0.1) is 10.2 Å². The fourth-order valence-electron chi connectivity index (χ4n) is 2.16. The van der Waals surface area contributed by atoms with E-state index in [-0.39, 0.29) is 11.7 Å². The number of hydrogen-bond donors (Lipinski definition) is 2. The van der Waals surface area contributed by atoms with Gasteiger partial charge in [-0.1, -0.05) is 30.8 Å². The largest absolute Gasteiger partial charge is 0.336 e. The van der Waals surface area contributed by atoms with E-state index in [1.807, 2.05) is 24.3 Å². The summed E-state index contributed by atoms with van der Waals surface area (Å²) in [6.45, 7) is 2.10. The predicted molar refractivity (Wildman–Crippen MR) is 87.3 cm³/mol. The number of benzene rings is 1. The van der Waals surface area contributed by atoms with E-state index in [0.29, 0.717) is 11.1 Å². The summed E-state index contributed by atoms with van der Waals surface area (Å²) in [7, 11) is 0. The Morgan fingerprint density at radius 3 is 2.73 bits per heavy atom. The Kier molecular flexibility index (Phi) is 4.33. The van der Waals surface area contributed by atoms with Gasteiger partial charge in [0.15, 0.2) is 5.82 Å². The molecule has 0 spiro atoms. The lowest BCUT2D eigenvalue weighted by Gasteiger charge is -2.06. The highest BCUT2D eigenvalue weighted by atomic mass is 32.2. The molecular weight excluding hydrogens is 298 g/mol. The lowest BCUT2D eigenvalue weighted by atomic mass is 10.1. The number of carbonyl (C=O) groups is 1. The Morgan fingerprint density at radius 1 is 1.36 bits per heavy atom. The van der Waals surface area contributed by atoms with Gasteiger partial charge in [0.05, 0.1) is 5.75 Å². The summed E-state index contributed by atoms with van der Waals surface area (Å²) in [6.07, 6.45) is 3.22. The lowest BCUT2D eigenvalue weighted by molar-refractivity contribution is -0.113. The molecule has 2 aromatic rings. The molecule has 1 heterocycles. The Morgan fingerprint density at radius 2 is 2.09 bits per heavy atom. The molecule has 0 radical (unpaired) electrons. The van der Waals surface area contributed by atoms with Gasteiger partial charge < -0.3 is 11.2 Å². The molecule has 7 heteroatoms. The highest BCUT2D eigenvalue weighted by Crippen LogP contribution is 2.39. The number of amides is 1. The van der Waals surface area contributed by atoms with Gasteiger partial charge in [-0.3, -0.25) is 4.79 Å². The molecule has 1 saturated carbocycles. The number of anilines is 1. The number of nitrogen functional groups attached to an aromatic ring is 1. The zero-order chi connectivity index (χ0) is 15.5. The van der Waals surface area contributed by atoms with Gasteiger partial charge in [0.2, 0.25) is 11.1 Å². The van der Waals surface area contributed by atoms with Crippen molar-refractivity contribution in [1.29, 1.82) is 0 Å². The van der Waals surface area contributed by atoms with Crippen LogP contribution >= 0.6 is 11.8 Å². The molecule has 1 aromatic heterocycles. The smallest absolute Gasteiger partial charge is 0.234 e. The maximum absolute atomic E-state index is 12.0. The Hall–Kier alpha value is -2.02. The van der Waals surface area contributed by atoms with Crippen molar-refractivity contribution in [2.24, 2.45) is 0 Å². The summed E-state index contributed by atoms with van der Waals surface area (Å²) < 4.78 is 1.51. The summed E-state index contributed by atoms with van der Waals surface area (Å²) in [5.74, 6) is 7.40. The van der Waals surface area contributed by atoms with Crippen LogP contribution in [0.4, 0.5) is 5.69 Å². The third kappa shape index (κ3) is 3.41. The van der Waals surface area contributed by atoms with E-state index in [1.54, 1.807) is 0 Å².